The third kappa shape index (κ3) is 1.57. The predicted octanol–water partition coefficient (Wildman–Crippen LogP) is 2.62. The van der Waals surface area contributed by atoms with Crippen molar-refractivity contribution in [3.63, 3.8) is 0 Å². The number of fused-ring (bicyclic) bond motifs is 1. The van der Waals surface area contributed by atoms with Crippen molar-refractivity contribution >= 4 is 17.7 Å². The summed E-state index contributed by atoms with van der Waals surface area (Å²) < 4.78 is 0. The standard InChI is InChI=1S/C12H11NOS/c14-12-7-9-6-11(8-13(9)12)15-10-4-2-1-3-5-10/h1-5,8-9H,6-7H2/t9-/m1/s1. The maximum Gasteiger partial charge on any atom is 0.228 e. The first-order valence-corrected chi connectivity index (χ1v) is 5.89. The van der Waals surface area contributed by atoms with Crippen molar-refractivity contribution in [3.05, 3.63) is 41.4 Å². The fourth-order valence-electron chi connectivity index (χ4n) is 1.99. The van der Waals surface area contributed by atoms with Gasteiger partial charge in [-0.3, -0.25) is 4.79 Å². The molecule has 1 aromatic carbocycles. The van der Waals surface area contributed by atoms with Crippen molar-refractivity contribution < 1.29 is 4.79 Å². The first kappa shape index (κ1) is 9.04. The van der Waals surface area contributed by atoms with Gasteiger partial charge in [0.2, 0.25) is 5.91 Å². The summed E-state index contributed by atoms with van der Waals surface area (Å²) in [7, 11) is 0. The Kier molecular flexibility index (Phi) is 2.06. The lowest BCUT2D eigenvalue weighted by molar-refractivity contribution is -0.140. The van der Waals surface area contributed by atoms with Crippen LogP contribution in [-0.2, 0) is 4.79 Å². The van der Waals surface area contributed by atoms with Crippen molar-refractivity contribution in [3.8, 4) is 0 Å². The molecule has 76 valence electrons. The molecule has 0 unspecified atom stereocenters. The lowest BCUT2D eigenvalue weighted by atomic mass is 10.0. The fraction of sp³-hybridized carbons (Fsp3) is 0.250. The van der Waals surface area contributed by atoms with E-state index in [0.29, 0.717) is 6.04 Å². The second kappa shape index (κ2) is 3.42. The number of carbonyl (C=O) groups excluding carboxylic acids is 1. The Morgan fingerprint density at radius 1 is 1.20 bits per heavy atom. The number of hydrogen-bond acceptors (Lipinski definition) is 2. The zero-order valence-corrected chi connectivity index (χ0v) is 9.04. The highest BCUT2D eigenvalue weighted by molar-refractivity contribution is 8.03. The largest absolute Gasteiger partial charge is 0.314 e. The van der Waals surface area contributed by atoms with Crippen molar-refractivity contribution in [1.82, 2.24) is 4.90 Å². The van der Waals surface area contributed by atoms with Crippen LogP contribution in [0.1, 0.15) is 12.8 Å². The first-order chi connectivity index (χ1) is 7.33. The lowest BCUT2D eigenvalue weighted by Gasteiger charge is -2.32. The second-order valence-electron chi connectivity index (χ2n) is 3.87. The summed E-state index contributed by atoms with van der Waals surface area (Å²) in [6.45, 7) is 0. The Morgan fingerprint density at radius 2 is 2.00 bits per heavy atom. The minimum atomic E-state index is 0.267. The average Bonchev–Trinajstić information content (AvgIpc) is 2.57. The second-order valence-corrected chi connectivity index (χ2v) is 5.07. The molecule has 2 aliphatic heterocycles. The Labute approximate surface area is 93.0 Å². The summed E-state index contributed by atoms with van der Waals surface area (Å²) in [4.78, 5) is 15.6. The molecule has 1 amide bonds. The molecule has 3 heteroatoms. The lowest BCUT2D eigenvalue weighted by Crippen LogP contribution is -2.45. The van der Waals surface area contributed by atoms with Crippen LogP contribution in [0.3, 0.4) is 0 Å². The maximum absolute atomic E-state index is 11.2. The molecule has 1 fully saturated rings. The number of thioether (sulfide) groups is 1. The molecule has 1 saturated heterocycles. The van der Waals surface area contributed by atoms with Gasteiger partial charge in [0.25, 0.3) is 0 Å². The van der Waals surface area contributed by atoms with E-state index in [-0.39, 0.29) is 5.91 Å². The smallest absolute Gasteiger partial charge is 0.228 e. The van der Waals surface area contributed by atoms with E-state index in [1.54, 1.807) is 11.8 Å². The molecule has 0 aromatic heterocycles. The SMILES string of the molecule is O=C1C[C@H]2CC(Sc3ccccc3)=CN12. The summed E-state index contributed by atoms with van der Waals surface area (Å²) in [5, 5.41) is 0. The summed E-state index contributed by atoms with van der Waals surface area (Å²) in [5.74, 6) is 0.267. The number of rotatable bonds is 2. The van der Waals surface area contributed by atoms with Gasteiger partial charge in [-0.1, -0.05) is 30.0 Å². The quantitative estimate of drug-likeness (QED) is 0.710. The van der Waals surface area contributed by atoms with Crippen LogP contribution in [0.4, 0.5) is 0 Å². The van der Waals surface area contributed by atoms with E-state index in [0.717, 1.165) is 12.8 Å². The maximum atomic E-state index is 11.2. The Morgan fingerprint density at radius 3 is 2.67 bits per heavy atom. The molecule has 2 nitrogen and oxygen atoms in total. The molecular formula is C12H11NOS. The Bertz CT molecular complexity index is 427. The number of hydrogen-bond donors (Lipinski definition) is 0. The van der Waals surface area contributed by atoms with E-state index in [1.807, 2.05) is 29.3 Å². The van der Waals surface area contributed by atoms with Crippen molar-refractivity contribution in [1.29, 1.82) is 0 Å². The Balaban J connectivity index is 1.73. The molecule has 2 heterocycles. The highest BCUT2D eigenvalue weighted by Crippen LogP contribution is 2.40. The van der Waals surface area contributed by atoms with E-state index >= 15 is 0 Å². The van der Waals surface area contributed by atoms with Crippen LogP contribution in [-0.4, -0.2) is 16.8 Å². The molecule has 2 aliphatic rings. The molecule has 0 saturated carbocycles. The monoisotopic (exact) mass is 217 g/mol. The zero-order valence-electron chi connectivity index (χ0n) is 8.22. The van der Waals surface area contributed by atoms with Crippen molar-refractivity contribution in [2.75, 3.05) is 0 Å². The number of amides is 1. The van der Waals surface area contributed by atoms with Gasteiger partial charge in [-0.25, -0.2) is 0 Å². The van der Waals surface area contributed by atoms with Gasteiger partial charge in [0.05, 0.1) is 0 Å². The zero-order chi connectivity index (χ0) is 10.3. The first-order valence-electron chi connectivity index (χ1n) is 5.08. The van der Waals surface area contributed by atoms with Crippen LogP contribution in [0.2, 0.25) is 0 Å². The summed E-state index contributed by atoms with van der Waals surface area (Å²) >= 11 is 1.77. The van der Waals surface area contributed by atoms with E-state index in [9.17, 15) is 4.79 Å². The normalized spacial score (nSPS) is 23.5. The molecule has 0 aliphatic carbocycles. The number of β-lactam (4-membered cyclic amide) rings is 1. The minimum Gasteiger partial charge on any atom is -0.314 e. The highest BCUT2D eigenvalue weighted by atomic mass is 32.2. The number of benzene rings is 1. The molecule has 0 spiro atoms. The average molecular weight is 217 g/mol. The third-order valence-corrected chi connectivity index (χ3v) is 3.85. The topological polar surface area (TPSA) is 20.3 Å². The van der Waals surface area contributed by atoms with Crippen LogP contribution in [0.15, 0.2) is 46.3 Å². The Hall–Kier alpha value is -1.22. The van der Waals surface area contributed by atoms with Gasteiger partial charge in [-0.15, -0.1) is 0 Å². The summed E-state index contributed by atoms with van der Waals surface area (Å²) in [6, 6.07) is 10.8. The number of carbonyl (C=O) groups is 1. The van der Waals surface area contributed by atoms with E-state index in [1.165, 1.54) is 9.80 Å². The van der Waals surface area contributed by atoms with E-state index < -0.39 is 0 Å². The van der Waals surface area contributed by atoms with Gasteiger partial charge >= 0.3 is 0 Å². The van der Waals surface area contributed by atoms with Crippen LogP contribution >= 0.6 is 11.8 Å². The van der Waals surface area contributed by atoms with Crippen LogP contribution < -0.4 is 0 Å². The van der Waals surface area contributed by atoms with Crippen LogP contribution in [0.5, 0.6) is 0 Å². The van der Waals surface area contributed by atoms with E-state index in [2.05, 4.69) is 12.1 Å². The van der Waals surface area contributed by atoms with Gasteiger partial charge in [-0.2, -0.15) is 0 Å². The number of nitrogens with zero attached hydrogens (tertiary/aromatic N) is 1. The van der Waals surface area contributed by atoms with Crippen LogP contribution in [0.25, 0.3) is 0 Å². The van der Waals surface area contributed by atoms with Crippen molar-refractivity contribution in [2.24, 2.45) is 0 Å². The summed E-state index contributed by atoms with van der Waals surface area (Å²) in [6.07, 6.45) is 3.77. The predicted molar refractivity (Wildman–Crippen MR) is 60.3 cm³/mol. The van der Waals surface area contributed by atoms with Gasteiger partial charge in [0.15, 0.2) is 0 Å². The third-order valence-electron chi connectivity index (χ3n) is 2.80. The van der Waals surface area contributed by atoms with Crippen LogP contribution in [0, 0.1) is 0 Å². The molecule has 3 rings (SSSR count). The fourth-order valence-corrected chi connectivity index (χ4v) is 3.03. The minimum absolute atomic E-state index is 0.267. The van der Waals surface area contributed by atoms with Gasteiger partial charge in [0.1, 0.15) is 0 Å². The molecule has 1 atom stereocenters. The van der Waals surface area contributed by atoms with Gasteiger partial charge in [-0.05, 0) is 12.1 Å². The molecule has 0 bridgehead atoms. The summed E-state index contributed by atoms with van der Waals surface area (Å²) in [5.41, 5.74) is 0. The van der Waals surface area contributed by atoms with Crippen molar-refractivity contribution in [2.45, 2.75) is 23.8 Å². The van der Waals surface area contributed by atoms with Gasteiger partial charge in [0, 0.05) is 34.9 Å². The molecule has 15 heavy (non-hydrogen) atoms. The molecule has 0 radical (unpaired) electrons. The molecule has 0 N–H and O–H groups in total. The molecular weight excluding hydrogens is 206 g/mol. The molecule has 1 aromatic rings. The van der Waals surface area contributed by atoms with E-state index in [4.69, 9.17) is 0 Å². The van der Waals surface area contributed by atoms with Gasteiger partial charge < -0.3 is 4.90 Å². The highest BCUT2D eigenvalue weighted by Gasteiger charge is 2.39.